The molecular weight excluding hydrogens is 260 g/mol. The van der Waals surface area contributed by atoms with Gasteiger partial charge in [-0.3, -0.25) is 4.79 Å². The van der Waals surface area contributed by atoms with Crippen molar-refractivity contribution in [3.63, 3.8) is 0 Å². The van der Waals surface area contributed by atoms with Gasteiger partial charge in [0.05, 0.1) is 0 Å². The Balaban J connectivity index is 2.60. The number of amides is 1. The number of carbonyl (C=O) groups is 2. The highest BCUT2D eigenvalue weighted by atomic mass is 19.1. The van der Waals surface area contributed by atoms with Crippen LogP contribution in [0.5, 0.6) is 5.75 Å². The van der Waals surface area contributed by atoms with Crippen molar-refractivity contribution >= 4 is 11.9 Å². The van der Waals surface area contributed by atoms with Gasteiger partial charge >= 0.3 is 5.97 Å². The van der Waals surface area contributed by atoms with E-state index in [4.69, 9.17) is 9.84 Å². The molecule has 0 aliphatic rings. The lowest BCUT2D eigenvalue weighted by atomic mass is 10.3. The number of hydrogen-bond donors (Lipinski definition) is 2. The van der Waals surface area contributed by atoms with Gasteiger partial charge < -0.3 is 15.2 Å². The minimum Gasteiger partial charge on any atom is -0.481 e. The molecule has 0 fully saturated rings. The number of aliphatic carboxylic acids is 1. The van der Waals surface area contributed by atoms with Crippen molar-refractivity contribution in [3.8, 4) is 5.75 Å². The van der Waals surface area contributed by atoms with E-state index in [0.717, 1.165) is 6.07 Å². The number of rotatable bonds is 6. The van der Waals surface area contributed by atoms with Crippen LogP contribution < -0.4 is 10.1 Å². The van der Waals surface area contributed by atoms with Crippen molar-refractivity contribution in [1.29, 1.82) is 0 Å². The van der Waals surface area contributed by atoms with Crippen LogP contribution in [0, 0.1) is 5.82 Å². The highest BCUT2D eigenvalue weighted by Crippen LogP contribution is 2.13. The maximum atomic E-state index is 12.9. The number of hydrogen-bond acceptors (Lipinski definition) is 3. The lowest BCUT2D eigenvalue weighted by Crippen LogP contribution is -2.47. The van der Waals surface area contributed by atoms with E-state index in [9.17, 15) is 18.4 Å². The second-order valence-corrected chi connectivity index (χ2v) is 3.77. The topological polar surface area (TPSA) is 75.6 Å². The van der Waals surface area contributed by atoms with Crippen LogP contribution in [-0.4, -0.2) is 35.8 Å². The highest BCUT2D eigenvalue weighted by molar-refractivity contribution is 5.86. The molecule has 0 bridgehead atoms. The number of halogens is 2. The molecule has 0 saturated carbocycles. The highest BCUT2D eigenvalue weighted by Gasteiger charge is 2.23. The van der Waals surface area contributed by atoms with Crippen molar-refractivity contribution in [2.75, 3.05) is 6.67 Å². The predicted octanol–water partition coefficient (Wildman–Crippen LogP) is 1.13. The van der Waals surface area contributed by atoms with Crippen LogP contribution in [0.4, 0.5) is 8.78 Å². The van der Waals surface area contributed by atoms with E-state index in [1.54, 1.807) is 0 Å². The molecule has 0 radical (unpaired) electrons. The Morgan fingerprint density at radius 2 is 2.16 bits per heavy atom. The molecule has 0 aliphatic carbocycles. The minimum atomic E-state index is -1.62. The molecule has 2 N–H and O–H groups in total. The fraction of sp³-hybridized carbons (Fsp3) is 0.333. The van der Waals surface area contributed by atoms with Crippen LogP contribution >= 0.6 is 0 Å². The molecule has 0 aliphatic heterocycles. The quantitative estimate of drug-likeness (QED) is 0.814. The summed E-state index contributed by atoms with van der Waals surface area (Å²) in [4.78, 5) is 22.1. The molecule has 1 rings (SSSR count). The third kappa shape index (κ3) is 4.53. The molecule has 0 aromatic heterocycles. The van der Waals surface area contributed by atoms with Crippen molar-refractivity contribution < 1.29 is 28.2 Å². The first-order valence-electron chi connectivity index (χ1n) is 5.45. The van der Waals surface area contributed by atoms with Gasteiger partial charge in [0.15, 0.2) is 12.1 Å². The monoisotopic (exact) mass is 273 g/mol. The number of nitrogens with one attached hydrogen (secondary N) is 1. The molecular formula is C12H13F2NO4. The van der Waals surface area contributed by atoms with E-state index in [1.165, 1.54) is 25.1 Å². The SMILES string of the molecule is CC(Oc1cccc(F)c1)C(=O)NC(CF)C(=O)O. The van der Waals surface area contributed by atoms with Gasteiger partial charge in [-0.05, 0) is 19.1 Å². The largest absolute Gasteiger partial charge is 0.481 e. The van der Waals surface area contributed by atoms with Crippen LogP contribution in [0.1, 0.15) is 6.92 Å². The van der Waals surface area contributed by atoms with E-state index in [-0.39, 0.29) is 5.75 Å². The molecule has 5 nitrogen and oxygen atoms in total. The molecule has 104 valence electrons. The van der Waals surface area contributed by atoms with Crippen LogP contribution in [0.2, 0.25) is 0 Å². The molecule has 0 heterocycles. The fourth-order valence-corrected chi connectivity index (χ4v) is 1.25. The zero-order valence-electron chi connectivity index (χ0n) is 10.1. The van der Waals surface area contributed by atoms with Crippen LogP contribution in [-0.2, 0) is 9.59 Å². The van der Waals surface area contributed by atoms with Crippen molar-refractivity contribution in [1.82, 2.24) is 5.32 Å². The number of carboxylic acid groups (broad SMARTS) is 1. The molecule has 1 amide bonds. The Morgan fingerprint density at radius 3 is 2.68 bits per heavy atom. The van der Waals surface area contributed by atoms with Gasteiger partial charge in [-0.1, -0.05) is 6.07 Å². The third-order valence-electron chi connectivity index (χ3n) is 2.25. The van der Waals surface area contributed by atoms with E-state index < -0.39 is 36.5 Å². The van der Waals surface area contributed by atoms with Gasteiger partial charge in [0, 0.05) is 6.07 Å². The molecule has 7 heteroatoms. The summed E-state index contributed by atoms with van der Waals surface area (Å²) in [6, 6.07) is 3.51. The molecule has 19 heavy (non-hydrogen) atoms. The average Bonchev–Trinajstić information content (AvgIpc) is 2.35. The summed E-state index contributed by atoms with van der Waals surface area (Å²) in [6.45, 7) is 0.116. The van der Waals surface area contributed by atoms with Crippen LogP contribution in [0.3, 0.4) is 0 Å². The predicted molar refractivity (Wildman–Crippen MR) is 62.0 cm³/mol. The number of benzene rings is 1. The third-order valence-corrected chi connectivity index (χ3v) is 2.25. The molecule has 0 spiro atoms. The van der Waals surface area contributed by atoms with E-state index in [1.807, 2.05) is 5.32 Å². The lowest BCUT2D eigenvalue weighted by molar-refractivity contribution is -0.143. The minimum absolute atomic E-state index is 0.120. The summed E-state index contributed by atoms with van der Waals surface area (Å²) in [5.41, 5.74) is 0. The maximum Gasteiger partial charge on any atom is 0.328 e. The molecule has 2 atom stereocenters. The number of ether oxygens (including phenoxy) is 1. The van der Waals surface area contributed by atoms with Crippen molar-refractivity contribution in [3.05, 3.63) is 30.1 Å². The Morgan fingerprint density at radius 1 is 1.47 bits per heavy atom. The van der Waals surface area contributed by atoms with Crippen LogP contribution in [0.25, 0.3) is 0 Å². The molecule has 2 unspecified atom stereocenters. The van der Waals surface area contributed by atoms with Gasteiger partial charge in [0.1, 0.15) is 18.2 Å². The van der Waals surface area contributed by atoms with Gasteiger partial charge in [-0.25, -0.2) is 13.6 Å². The number of carbonyl (C=O) groups excluding carboxylic acids is 1. The van der Waals surface area contributed by atoms with Crippen molar-refractivity contribution in [2.24, 2.45) is 0 Å². The summed E-state index contributed by atoms with van der Waals surface area (Å²) in [5.74, 6) is -2.69. The standard InChI is InChI=1S/C12H13F2NO4/c1-7(11(16)15-10(6-13)12(17)18)19-9-4-2-3-8(14)5-9/h2-5,7,10H,6H2,1H3,(H,15,16)(H,17,18). The average molecular weight is 273 g/mol. The summed E-state index contributed by atoms with van der Waals surface area (Å²) in [7, 11) is 0. The molecule has 0 saturated heterocycles. The number of carboxylic acids is 1. The van der Waals surface area contributed by atoms with Gasteiger partial charge in [0.2, 0.25) is 0 Å². The van der Waals surface area contributed by atoms with Gasteiger partial charge in [0.25, 0.3) is 5.91 Å². The van der Waals surface area contributed by atoms with Crippen LogP contribution in [0.15, 0.2) is 24.3 Å². The second-order valence-electron chi connectivity index (χ2n) is 3.77. The van der Waals surface area contributed by atoms with Gasteiger partial charge in [-0.2, -0.15) is 0 Å². The first-order valence-corrected chi connectivity index (χ1v) is 5.45. The first-order chi connectivity index (χ1) is 8.93. The first kappa shape index (κ1) is 14.9. The van der Waals surface area contributed by atoms with Crippen molar-refractivity contribution in [2.45, 2.75) is 19.1 Å². The summed E-state index contributed by atoms with van der Waals surface area (Å²) in [5, 5.41) is 10.6. The Bertz CT molecular complexity index is 467. The normalized spacial score (nSPS) is 13.4. The Kier molecular flexibility index (Phi) is 5.23. The van der Waals surface area contributed by atoms with E-state index in [2.05, 4.69) is 0 Å². The second kappa shape index (κ2) is 6.67. The molecule has 1 aromatic carbocycles. The summed E-state index contributed by atoms with van der Waals surface area (Å²) < 4.78 is 30.3. The zero-order valence-corrected chi connectivity index (χ0v) is 10.1. The lowest BCUT2D eigenvalue weighted by Gasteiger charge is -2.17. The van der Waals surface area contributed by atoms with E-state index in [0.29, 0.717) is 0 Å². The Hall–Kier alpha value is -2.18. The maximum absolute atomic E-state index is 12.9. The zero-order chi connectivity index (χ0) is 14.4. The van der Waals surface area contributed by atoms with Gasteiger partial charge in [-0.15, -0.1) is 0 Å². The summed E-state index contributed by atoms with van der Waals surface area (Å²) in [6.07, 6.45) is -1.07. The molecule has 1 aromatic rings. The summed E-state index contributed by atoms with van der Waals surface area (Å²) >= 11 is 0. The fourth-order valence-electron chi connectivity index (χ4n) is 1.25. The Labute approximate surface area is 108 Å². The van der Waals surface area contributed by atoms with E-state index >= 15 is 0 Å². The number of alkyl halides is 1. The smallest absolute Gasteiger partial charge is 0.328 e.